The minimum atomic E-state index is 0.288. The lowest BCUT2D eigenvalue weighted by Crippen LogP contribution is -2.39. The lowest BCUT2D eigenvalue weighted by Gasteiger charge is -2.36. The van der Waals surface area contributed by atoms with Gasteiger partial charge in [-0.3, -0.25) is 0 Å². The van der Waals surface area contributed by atoms with Gasteiger partial charge in [0.2, 0.25) is 0 Å². The average molecular weight is 275 g/mol. The van der Waals surface area contributed by atoms with Crippen LogP contribution in [-0.4, -0.2) is 18.1 Å². The predicted octanol–water partition coefficient (Wildman–Crippen LogP) is 3.62. The molecule has 2 aromatic rings. The molecule has 3 N–H and O–H groups in total. The second-order valence-electron chi connectivity index (χ2n) is 5.61. The van der Waals surface area contributed by atoms with Crippen molar-refractivity contribution in [3.8, 4) is 0 Å². The topological polar surface area (TPSA) is 50.9 Å². The Morgan fingerprint density at radius 1 is 1.21 bits per heavy atom. The SMILES string of the molecule is NCC1(CNc2nc3ccccc3s2)CCCCC1. The fraction of sp³-hybridized carbons (Fsp3) is 0.533. The zero-order chi connectivity index (χ0) is 13.1. The molecule has 1 saturated carbocycles. The molecule has 102 valence electrons. The Hall–Kier alpha value is -1.13. The fourth-order valence-electron chi connectivity index (χ4n) is 2.97. The molecule has 0 atom stereocenters. The third kappa shape index (κ3) is 2.74. The Bertz CT molecular complexity index is 510. The van der Waals surface area contributed by atoms with Crippen LogP contribution < -0.4 is 11.1 Å². The summed E-state index contributed by atoms with van der Waals surface area (Å²) in [4.78, 5) is 4.63. The Labute approximate surface area is 118 Å². The predicted molar refractivity (Wildman–Crippen MR) is 82.7 cm³/mol. The molecule has 0 saturated heterocycles. The number of para-hydroxylation sites is 1. The summed E-state index contributed by atoms with van der Waals surface area (Å²) in [6.45, 7) is 1.74. The van der Waals surface area contributed by atoms with Crippen LogP contribution in [0.1, 0.15) is 32.1 Å². The Morgan fingerprint density at radius 2 is 2.00 bits per heavy atom. The Kier molecular flexibility index (Phi) is 3.71. The first kappa shape index (κ1) is 12.9. The summed E-state index contributed by atoms with van der Waals surface area (Å²) in [5.74, 6) is 0. The molecule has 0 bridgehead atoms. The van der Waals surface area contributed by atoms with E-state index in [1.807, 2.05) is 6.07 Å². The van der Waals surface area contributed by atoms with E-state index in [1.165, 1.54) is 36.8 Å². The number of nitrogens with one attached hydrogen (secondary N) is 1. The highest BCUT2D eigenvalue weighted by Crippen LogP contribution is 2.36. The van der Waals surface area contributed by atoms with Gasteiger partial charge < -0.3 is 11.1 Å². The highest BCUT2D eigenvalue weighted by molar-refractivity contribution is 7.22. The number of benzene rings is 1. The van der Waals surface area contributed by atoms with E-state index in [2.05, 4.69) is 28.5 Å². The van der Waals surface area contributed by atoms with E-state index in [-0.39, 0.29) is 5.41 Å². The fourth-order valence-corrected chi connectivity index (χ4v) is 3.83. The van der Waals surface area contributed by atoms with Crippen molar-refractivity contribution in [3.63, 3.8) is 0 Å². The van der Waals surface area contributed by atoms with Crippen LogP contribution in [-0.2, 0) is 0 Å². The van der Waals surface area contributed by atoms with E-state index in [0.717, 1.165) is 23.7 Å². The maximum Gasteiger partial charge on any atom is 0.183 e. The van der Waals surface area contributed by atoms with E-state index in [0.29, 0.717) is 0 Å². The summed E-state index contributed by atoms with van der Waals surface area (Å²) < 4.78 is 1.25. The van der Waals surface area contributed by atoms with Crippen molar-refractivity contribution in [2.24, 2.45) is 11.1 Å². The van der Waals surface area contributed by atoms with Crippen LogP contribution in [0.3, 0.4) is 0 Å². The van der Waals surface area contributed by atoms with Crippen LogP contribution in [0.25, 0.3) is 10.2 Å². The van der Waals surface area contributed by atoms with Crippen LogP contribution >= 0.6 is 11.3 Å². The van der Waals surface area contributed by atoms with Gasteiger partial charge in [0.05, 0.1) is 10.2 Å². The Balaban J connectivity index is 1.70. The normalized spacial score (nSPS) is 18.6. The summed E-state index contributed by atoms with van der Waals surface area (Å²) in [7, 11) is 0. The number of hydrogen-bond acceptors (Lipinski definition) is 4. The molecule has 0 amide bonds. The van der Waals surface area contributed by atoms with Crippen molar-refractivity contribution in [2.45, 2.75) is 32.1 Å². The molecule has 3 nitrogen and oxygen atoms in total. The maximum absolute atomic E-state index is 6.02. The molecule has 1 aliphatic carbocycles. The van der Waals surface area contributed by atoms with Gasteiger partial charge in [-0.25, -0.2) is 4.98 Å². The highest BCUT2D eigenvalue weighted by Gasteiger charge is 2.30. The van der Waals surface area contributed by atoms with Gasteiger partial charge >= 0.3 is 0 Å². The summed E-state index contributed by atoms with van der Waals surface area (Å²) in [5, 5.41) is 4.55. The number of aromatic nitrogens is 1. The second-order valence-corrected chi connectivity index (χ2v) is 6.64. The van der Waals surface area contributed by atoms with Crippen LogP contribution in [0, 0.1) is 5.41 Å². The number of fused-ring (bicyclic) bond motifs is 1. The van der Waals surface area contributed by atoms with Gasteiger partial charge in [-0.1, -0.05) is 42.7 Å². The molecule has 0 radical (unpaired) electrons. The molecule has 3 rings (SSSR count). The number of hydrogen-bond donors (Lipinski definition) is 2. The smallest absolute Gasteiger partial charge is 0.183 e. The summed E-state index contributed by atoms with van der Waals surface area (Å²) >= 11 is 1.73. The lowest BCUT2D eigenvalue weighted by molar-refractivity contribution is 0.215. The van der Waals surface area contributed by atoms with Crippen molar-refractivity contribution in [3.05, 3.63) is 24.3 Å². The summed E-state index contributed by atoms with van der Waals surface area (Å²) in [5.41, 5.74) is 7.39. The molecule has 1 fully saturated rings. The van der Waals surface area contributed by atoms with E-state index in [1.54, 1.807) is 11.3 Å². The number of nitrogens with two attached hydrogens (primary N) is 1. The van der Waals surface area contributed by atoms with Gasteiger partial charge in [-0.15, -0.1) is 0 Å². The molecule has 0 unspecified atom stereocenters. The third-order valence-electron chi connectivity index (χ3n) is 4.26. The van der Waals surface area contributed by atoms with E-state index in [9.17, 15) is 0 Å². The van der Waals surface area contributed by atoms with Crippen molar-refractivity contribution in [1.82, 2.24) is 4.98 Å². The molecule has 4 heteroatoms. The first-order chi connectivity index (χ1) is 9.31. The lowest BCUT2D eigenvalue weighted by atomic mass is 9.74. The molecular weight excluding hydrogens is 254 g/mol. The van der Waals surface area contributed by atoms with Gasteiger partial charge in [0.15, 0.2) is 5.13 Å². The largest absolute Gasteiger partial charge is 0.361 e. The van der Waals surface area contributed by atoms with Gasteiger partial charge in [-0.2, -0.15) is 0 Å². The van der Waals surface area contributed by atoms with Gasteiger partial charge in [0, 0.05) is 6.54 Å². The number of nitrogens with zero attached hydrogens (tertiary/aromatic N) is 1. The van der Waals surface area contributed by atoms with Crippen molar-refractivity contribution < 1.29 is 0 Å². The van der Waals surface area contributed by atoms with Crippen molar-refractivity contribution >= 4 is 26.7 Å². The molecule has 1 aromatic heterocycles. The van der Waals surface area contributed by atoms with E-state index >= 15 is 0 Å². The summed E-state index contributed by atoms with van der Waals surface area (Å²) in [6, 6.07) is 8.29. The number of rotatable bonds is 4. The van der Waals surface area contributed by atoms with Crippen LogP contribution in [0.2, 0.25) is 0 Å². The quantitative estimate of drug-likeness (QED) is 0.896. The molecule has 0 aliphatic heterocycles. The summed E-state index contributed by atoms with van der Waals surface area (Å²) in [6.07, 6.45) is 6.50. The molecule has 19 heavy (non-hydrogen) atoms. The third-order valence-corrected chi connectivity index (χ3v) is 5.25. The Morgan fingerprint density at radius 3 is 2.74 bits per heavy atom. The maximum atomic E-state index is 6.02. The molecule has 0 spiro atoms. The first-order valence-corrected chi connectivity index (χ1v) is 7.93. The van der Waals surface area contributed by atoms with Crippen molar-refractivity contribution in [2.75, 3.05) is 18.4 Å². The minimum absolute atomic E-state index is 0.288. The van der Waals surface area contributed by atoms with E-state index < -0.39 is 0 Å². The highest BCUT2D eigenvalue weighted by atomic mass is 32.1. The second kappa shape index (κ2) is 5.47. The minimum Gasteiger partial charge on any atom is -0.361 e. The van der Waals surface area contributed by atoms with Gasteiger partial charge in [0.25, 0.3) is 0 Å². The monoisotopic (exact) mass is 275 g/mol. The zero-order valence-corrected chi connectivity index (χ0v) is 12.0. The van der Waals surface area contributed by atoms with E-state index in [4.69, 9.17) is 5.73 Å². The molecule has 1 aromatic carbocycles. The molecule has 1 heterocycles. The van der Waals surface area contributed by atoms with Crippen molar-refractivity contribution in [1.29, 1.82) is 0 Å². The average Bonchev–Trinajstić information content (AvgIpc) is 2.89. The molecular formula is C15H21N3S. The zero-order valence-electron chi connectivity index (χ0n) is 11.2. The van der Waals surface area contributed by atoms with Gasteiger partial charge in [0.1, 0.15) is 0 Å². The number of anilines is 1. The molecule has 1 aliphatic rings. The standard InChI is InChI=1S/C15H21N3S/c16-10-15(8-4-1-5-9-15)11-17-14-18-12-6-2-3-7-13(12)19-14/h2-3,6-7H,1,4-5,8-11,16H2,(H,17,18). The number of thiazole rings is 1. The van der Waals surface area contributed by atoms with Crippen LogP contribution in [0.15, 0.2) is 24.3 Å². The van der Waals surface area contributed by atoms with Crippen LogP contribution in [0.5, 0.6) is 0 Å². The first-order valence-electron chi connectivity index (χ1n) is 7.11. The van der Waals surface area contributed by atoms with Crippen LogP contribution in [0.4, 0.5) is 5.13 Å². The van der Waals surface area contributed by atoms with Gasteiger partial charge in [-0.05, 0) is 36.9 Å².